The predicted molar refractivity (Wildman–Crippen MR) is 79.0 cm³/mol. The highest BCUT2D eigenvalue weighted by Crippen LogP contribution is 2.26. The third-order valence-corrected chi connectivity index (χ3v) is 4.02. The number of rotatable bonds is 3. The molecule has 3 rings (SSSR count). The van der Waals surface area contributed by atoms with Crippen LogP contribution in [0, 0.1) is 5.92 Å². The summed E-state index contributed by atoms with van der Waals surface area (Å²) in [5.74, 6) is 0.208. The van der Waals surface area contributed by atoms with E-state index in [2.05, 4.69) is 4.98 Å². The molecule has 1 aromatic carbocycles. The first-order valence-corrected chi connectivity index (χ1v) is 7.34. The molecular formula is C16H16ClNO2. The number of fused-ring (bicyclic) bond motifs is 1. The van der Waals surface area contributed by atoms with Crippen molar-refractivity contribution < 1.29 is 9.53 Å². The van der Waals surface area contributed by atoms with Crippen LogP contribution in [0.1, 0.15) is 36.0 Å². The van der Waals surface area contributed by atoms with Gasteiger partial charge in [-0.25, -0.2) is 9.78 Å². The number of aromatic nitrogens is 1. The van der Waals surface area contributed by atoms with Crippen LogP contribution in [0.2, 0.25) is 5.15 Å². The van der Waals surface area contributed by atoms with Gasteiger partial charge in [0.1, 0.15) is 5.15 Å². The monoisotopic (exact) mass is 289 g/mol. The number of hydrogen-bond donors (Lipinski definition) is 0. The van der Waals surface area contributed by atoms with Crippen LogP contribution in [0.25, 0.3) is 10.9 Å². The standard InChI is InChI=1S/C16H16ClNO2/c17-15-9-13(12-7-3-4-8-14(12)18-15)16(19)20-10-11-5-1-2-6-11/h3-4,7-9,11H,1-2,5-6,10H2. The van der Waals surface area contributed by atoms with Crippen LogP contribution in [0.4, 0.5) is 0 Å². The first-order valence-electron chi connectivity index (χ1n) is 6.96. The van der Waals surface area contributed by atoms with E-state index in [9.17, 15) is 4.79 Å². The Hall–Kier alpha value is -1.61. The normalized spacial score (nSPS) is 15.7. The van der Waals surface area contributed by atoms with Crippen LogP contribution in [0.5, 0.6) is 0 Å². The summed E-state index contributed by atoms with van der Waals surface area (Å²) in [5, 5.41) is 1.10. The average molecular weight is 290 g/mol. The molecule has 0 aliphatic heterocycles. The number of nitrogens with zero attached hydrogens (tertiary/aromatic N) is 1. The Kier molecular flexibility index (Phi) is 3.88. The van der Waals surface area contributed by atoms with Crippen molar-refractivity contribution in [2.75, 3.05) is 6.61 Å². The molecule has 0 amide bonds. The number of pyridine rings is 1. The largest absolute Gasteiger partial charge is 0.462 e. The molecule has 0 spiro atoms. The second kappa shape index (κ2) is 5.80. The Morgan fingerprint density at radius 3 is 2.85 bits per heavy atom. The van der Waals surface area contributed by atoms with Gasteiger partial charge in [0.2, 0.25) is 0 Å². The fourth-order valence-corrected chi connectivity index (χ4v) is 2.96. The van der Waals surface area contributed by atoms with Crippen LogP contribution in [0.15, 0.2) is 30.3 Å². The molecular weight excluding hydrogens is 274 g/mol. The fraction of sp³-hybridized carbons (Fsp3) is 0.375. The van der Waals surface area contributed by atoms with Gasteiger partial charge in [0.15, 0.2) is 0 Å². The van der Waals surface area contributed by atoms with E-state index >= 15 is 0 Å². The molecule has 0 N–H and O–H groups in total. The van der Waals surface area contributed by atoms with Crippen LogP contribution >= 0.6 is 11.6 Å². The summed E-state index contributed by atoms with van der Waals surface area (Å²) in [7, 11) is 0. The van der Waals surface area contributed by atoms with Gasteiger partial charge in [0.05, 0.1) is 17.7 Å². The summed E-state index contributed by atoms with van der Waals surface area (Å²) in [6, 6.07) is 9.05. The molecule has 1 fully saturated rings. The van der Waals surface area contributed by atoms with Crippen LogP contribution in [-0.2, 0) is 4.74 Å². The maximum Gasteiger partial charge on any atom is 0.338 e. The van der Waals surface area contributed by atoms with Crippen molar-refractivity contribution in [2.45, 2.75) is 25.7 Å². The van der Waals surface area contributed by atoms with Gasteiger partial charge >= 0.3 is 5.97 Å². The smallest absolute Gasteiger partial charge is 0.338 e. The summed E-state index contributed by atoms with van der Waals surface area (Å²) < 4.78 is 5.45. The minimum Gasteiger partial charge on any atom is -0.462 e. The fourth-order valence-electron chi connectivity index (χ4n) is 2.76. The molecule has 4 heteroatoms. The van der Waals surface area contributed by atoms with Gasteiger partial charge in [-0.2, -0.15) is 0 Å². The summed E-state index contributed by atoms with van der Waals surface area (Å²) in [6.45, 7) is 0.507. The number of ether oxygens (including phenoxy) is 1. The van der Waals surface area contributed by atoms with E-state index in [1.54, 1.807) is 6.07 Å². The van der Waals surface area contributed by atoms with Gasteiger partial charge in [0, 0.05) is 5.39 Å². The summed E-state index contributed by atoms with van der Waals surface area (Å²) in [6.07, 6.45) is 4.80. The average Bonchev–Trinajstić information content (AvgIpc) is 2.97. The molecule has 0 radical (unpaired) electrons. The second-order valence-corrected chi connectivity index (χ2v) is 5.65. The Bertz CT molecular complexity index is 635. The lowest BCUT2D eigenvalue weighted by Gasteiger charge is -2.11. The zero-order valence-corrected chi connectivity index (χ0v) is 11.9. The molecule has 1 aliphatic rings. The highest BCUT2D eigenvalue weighted by Gasteiger charge is 2.19. The van der Waals surface area contributed by atoms with Gasteiger partial charge in [0.25, 0.3) is 0 Å². The number of benzene rings is 1. The van der Waals surface area contributed by atoms with Crippen molar-refractivity contribution in [1.82, 2.24) is 4.98 Å². The number of carbonyl (C=O) groups is 1. The van der Waals surface area contributed by atoms with Crippen LogP contribution in [-0.4, -0.2) is 17.6 Å². The summed E-state index contributed by atoms with van der Waals surface area (Å²) in [4.78, 5) is 16.5. The zero-order valence-electron chi connectivity index (χ0n) is 11.1. The molecule has 1 saturated carbocycles. The van der Waals surface area contributed by atoms with Gasteiger partial charge in [-0.05, 0) is 30.9 Å². The Labute approximate surface area is 122 Å². The molecule has 3 nitrogen and oxygen atoms in total. The van der Waals surface area contributed by atoms with E-state index in [4.69, 9.17) is 16.3 Å². The second-order valence-electron chi connectivity index (χ2n) is 5.26. The van der Waals surface area contributed by atoms with E-state index in [1.807, 2.05) is 24.3 Å². The van der Waals surface area contributed by atoms with Gasteiger partial charge in [-0.15, -0.1) is 0 Å². The molecule has 0 unspecified atom stereocenters. The van der Waals surface area contributed by atoms with E-state index in [0.29, 0.717) is 28.8 Å². The quantitative estimate of drug-likeness (QED) is 0.627. The third-order valence-electron chi connectivity index (χ3n) is 3.83. The van der Waals surface area contributed by atoms with E-state index in [0.717, 1.165) is 18.2 Å². The van der Waals surface area contributed by atoms with Crippen molar-refractivity contribution in [3.8, 4) is 0 Å². The molecule has 0 atom stereocenters. The van der Waals surface area contributed by atoms with E-state index in [-0.39, 0.29) is 5.97 Å². The zero-order chi connectivity index (χ0) is 13.9. The SMILES string of the molecule is O=C(OCC1CCCC1)c1cc(Cl)nc2ccccc12. The molecule has 1 aliphatic carbocycles. The molecule has 20 heavy (non-hydrogen) atoms. The molecule has 104 valence electrons. The third kappa shape index (κ3) is 2.78. The number of carbonyl (C=O) groups excluding carboxylic acids is 1. The molecule has 2 aromatic rings. The Morgan fingerprint density at radius 1 is 1.30 bits per heavy atom. The Morgan fingerprint density at radius 2 is 2.05 bits per heavy atom. The van der Waals surface area contributed by atoms with Crippen LogP contribution in [0.3, 0.4) is 0 Å². The lowest BCUT2D eigenvalue weighted by atomic mass is 10.1. The topological polar surface area (TPSA) is 39.2 Å². The number of esters is 1. The van der Waals surface area contributed by atoms with Crippen molar-refractivity contribution >= 4 is 28.5 Å². The van der Waals surface area contributed by atoms with Crippen molar-refractivity contribution in [3.05, 3.63) is 41.0 Å². The lowest BCUT2D eigenvalue weighted by Crippen LogP contribution is -2.12. The van der Waals surface area contributed by atoms with Crippen molar-refractivity contribution in [2.24, 2.45) is 5.92 Å². The lowest BCUT2D eigenvalue weighted by molar-refractivity contribution is 0.0445. The summed E-state index contributed by atoms with van der Waals surface area (Å²) >= 11 is 5.98. The minimum atomic E-state index is -0.308. The highest BCUT2D eigenvalue weighted by molar-refractivity contribution is 6.30. The number of hydrogen-bond acceptors (Lipinski definition) is 3. The van der Waals surface area contributed by atoms with Crippen LogP contribution < -0.4 is 0 Å². The minimum absolute atomic E-state index is 0.308. The van der Waals surface area contributed by atoms with Gasteiger partial charge in [-0.1, -0.05) is 42.6 Å². The van der Waals surface area contributed by atoms with Crippen molar-refractivity contribution in [3.63, 3.8) is 0 Å². The first-order chi connectivity index (χ1) is 9.74. The first kappa shape index (κ1) is 13.4. The Balaban J connectivity index is 1.83. The van der Waals surface area contributed by atoms with Gasteiger partial charge < -0.3 is 4.74 Å². The number of halogens is 1. The molecule has 1 heterocycles. The van der Waals surface area contributed by atoms with E-state index < -0.39 is 0 Å². The highest BCUT2D eigenvalue weighted by atomic mass is 35.5. The molecule has 1 aromatic heterocycles. The van der Waals surface area contributed by atoms with Crippen molar-refractivity contribution in [1.29, 1.82) is 0 Å². The summed E-state index contributed by atoms with van der Waals surface area (Å²) in [5.41, 5.74) is 1.21. The maximum absolute atomic E-state index is 12.3. The predicted octanol–water partition coefficient (Wildman–Crippen LogP) is 4.24. The molecule has 0 bridgehead atoms. The number of para-hydroxylation sites is 1. The molecule has 0 saturated heterocycles. The van der Waals surface area contributed by atoms with E-state index in [1.165, 1.54) is 12.8 Å². The van der Waals surface area contributed by atoms with Gasteiger partial charge in [-0.3, -0.25) is 0 Å². The maximum atomic E-state index is 12.3.